The van der Waals surface area contributed by atoms with Gasteiger partial charge in [0.2, 0.25) is 0 Å². The van der Waals surface area contributed by atoms with Gasteiger partial charge in [-0.25, -0.2) is 0 Å². The molecule has 106 valence electrons. The summed E-state index contributed by atoms with van der Waals surface area (Å²) >= 11 is 6.05. The van der Waals surface area contributed by atoms with E-state index in [9.17, 15) is 4.79 Å². The fraction of sp³-hybridized carbons (Fsp3) is 0.462. The van der Waals surface area contributed by atoms with Gasteiger partial charge in [0.15, 0.2) is 11.5 Å². The Bertz CT molecular complexity index is 433. The van der Waals surface area contributed by atoms with Crippen LogP contribution in [0.25, 0.3) is 0 Å². The number of aliphatic hydroxyl groups excluding tert-OH is 1. The third-order valence-electron chi connectivity index (χ3n) is 2.47. The van der Waals surface area contributed by atoms with E-state index in [-0.39, 0.29) is 19.0 Å². The zero-order valence-electron chi connectivity index (χ0n) is 10.9. The molecule has 0 aliphatic rings. The van der Waals surface area contributed by atoms with Crippen LogP contribution in [0, 0.1) is 0 Å². The minimum absolute atomic E-state index is 0.126. The van der Waals surface area contributed by atoms with Gasteiger partial charge in [-0.3, -0.25) is 4.79 Å². The summed E-state index contributed by atoms with van der Waals surface area (Å²) < 4.78 is 15.2. The van der Waals surface area contributed by atoms with E-state index in [0.717, 1.165) is 0 Å². The fourth-order valence-corrected chi connectivity index (χ4v) is 1.79. The van der Waals surface area contributed by atoms with Gasteiger partial charge in [0.05, 0.1) is 32.5 Å². The quantitative estimate of drug-likeness (QED) is 0.615. The van der Waals surface area contributed by atoms with Crippen LogP contribution in [0.4, 0.5) is 0 Å². The van der Waals surface area contributed by atoms with Gasteiger partial charge in [-0.15, -0.1) is 0 Å². The Labute approximate surface area is 117 Å². The van der Waals surface area contributed by atoms with Crippen molar-refractivity contribution in [3.8, 4) is 11.5 Å². The maximum absolute atomic E-state index is 10.9. The van der Waals surface area contributed by atoms with Crippen LogP contribution in [-0.4, -0.2) is 31.9 Å². The van der Waals surface area contributed by atoms with Crippen molar-refractivity contribution in [2.24, 2.45) is 0 Å². The van der Waals surface area contributed by atoms with Gasteiger partial charge in [0, 0.05) is 6.42 Å². The summed E-state index contributed by atoms with van der Waals surface area (Å²) in [5.41, 5.74) is 0.642. The molecule has 0 fully saturated rings. The van der Waals surface area contributed by atoms with Gasteiger partial charge in [-0.1, -0.05) is 11.6 Å². The lowest BCUT2D eigenvalue weighted by atomic mass is 10.2. The summed E-state index contributed by atoms with van der Waals surface area (Å²) in [6, 6.07) is 3.27. The third-order valence-corrected chi connectivity index (χ3v) is 2.75. The molecule has 1 N–H and O–H groups in total. The molecular weight excluding hydrogens is 272 g/mol. The predicted molar refractivity (Wildman–Crippen MR) is 70.7 cm³/mol. The molecule has 0 aromatic heterocycles. The van der Waals surface area contributed by atoms with E-state index in [2.05, 4.69) is 4.74 Å². The molecule has 0 amide bonds. The van der Waals surface area contributed by atoms with Crippen LogP contribution >= 0.6 is 11.6 Å². The Kier molecular flexibility index (Phi) is 6.45. The molecule has 0 unspecified atom stereocenters. The smallest absolute Gasteiger partial charge is 0.305 e. The highest BCUT2D eigenvalue weighted by Gasteiger charge is 2.12. The third kappa shape index (κ3) is 4.61. The normalized spacial score (nSPS) is 10.1. The summed E-state index contributed by atoms with van der Waals surface area (Å²) in [4.78, 5) is 10.9. The molecule has 0 saturated heterocycles. The zero-order chi connectivity index (χ0) is 14.3. The highest BCUT2D eigenvalue weighted by Crippen LogP contribution is 2.36. The average molecular weight is 289 g/mol. The molecule has 1 rings (SSSR count). The molecule has 0 spiro atoms. The number of ether oxygens (including phenoxy) is 3. The van der Waals surface area contributed by atoms with Crippen molar-refractivity contribution >= 4 is 17.6 Å². The monoisotopic (exact) mass is 288 g/mol. The summed E-state index contributed by atoms with van der Waals surface area (Å²) in [6.07, 6.45) is 0.805. The first-order chi connectivity index (χ1) is 9.12. The van der Waals surface area contributed by atoms with Crippen LogP contribution < -0.4 is 9.47 Å². The molecule has 5 nitrogen and oxygen atoms in total. The van der Waals surface area contributed by atoms with Crippen LogP contribution in [0.2, 0.25) is 5.02 Å². The number of rotatable bonds is 7. The van der Waals surface area contributed by atoms with E-state index in [1.807, 2.05) is 0 Å². The van der Waals surface area contributed by atoms with E-state index in [1.54, 1.807) is 12.1 Å². The standard InChI is InChI=1S/C13H17ClO5/c1-17-11-7-9(8-15)6-10(14)13(11)19-5-3-4-12(16)18-2/h6-7,15H,3-5,8H2,1-2H3. The molecule has 0 bridgehead atoms. The predicted octanol–water partition coefficient (Wildman–Crippen LogP) is 2.17. The number of hydrogen-bond acceptors (Lipinski definition) is 5. The largest absolute Gasteiger partial charge is 0.493 e. The molecular formula is C13H17ClO5. The lowest BCUT2D eigenvalue weighted by molar-refractivity contribution is -0.140. The Balaban J connectivity index is 2.64. The van der Waals surface area contributed by atoms with Gasteiger partial charge in [-0.2, -0.15) is 0 Å². The first-order valence-electron chi connectivity index (χ1n) is 5.79. The van der Waals surface area contributed by atoms with Crippen LogP contribution in [0.1, 0.15) is 18.4 Å². The number of esters is 1. The molecule has 0 saturated carbocycles. The highest BCUT2D eigenvalue weighted by atomic mass is 35.5. The van der Waals surface area contributed by atoms with E-state index in [1.165, 1.54) is 14.2 Å². The first kappa shape index (κ1) is 15.6. The Hall–Kier alpha value is -1.46. The van der Waals surface area contributed by atoms with Gasteiger partial charge >= 0.3 is 5.97 Å². The number of halogens is 1. The molecule has 1 aromatic carbocycles. The molecule has 0 heterocycles. The number of benzene rings is 1. The second kappa shape index (κ2) is 7.86. The van der Waals surface area contributed by atoms with Crippen molar-refractivity contribution in [2.45, 2.75) is 19.4 Å². The number of methoxy groups -OCH3 is 2. The van der Waals surface area contributed by atoms with Crippen LogP contribution in [-0.2, 0) is 16.1 Å². The second-order valence-electron chi connectivity index (χ2n) is 3.80. The van der Waals surface area contributed by atoms with Gasteiger partial charge in [-0.05, 0) is 24.1 Å². The molecule has 6 heteroatoms. The molecule has 0 aliphatic carbocycles. The van der Waals surface area contributed by atoms with Crippen molar-refractivity contribution in [1.82, 2.24) is 0 Å². The first-order valence-corrected chi connectivity index (χ1v) is 6.17. The molecule has 0 radical (unpaired) electrons. The number of hydrogen-bond donors (Lipinski definition) is 1. The zero-order valence-corrected chi connectivity index (χ0v) is 11.7. The average Bonchev–Trinajstić information content (AvgIpc) is 2.43. The van der Waals surface area contributed by atoms with Crippen LogP contribution in [0.5, 0.6) is 11.5 Å². The van der Waals surface area contributed by atoms with Gasteiger partial charge in [0.25, 0.3) is 0 Å². The minimum Gasteiger partial charge on any atom is -0.493 e. The van der Waals surface area contributed by atoms with Crippen molar-refractivity contribution in [1.29, 1.82) is 0 Å². The lowest BCUT2D eigenvalue weighted by Gasteiger charge is -2.13. The van der Waals surface area contributed by atoms with Crippen molar-refractivity contribution < 1.29 is 24.1 Å². The summed E-state index contributed by atoms with van der Waals surface area (Å²) in [5, 5.41) is 9.43. The van der Waals surface area contributed by atoms with Crippen molar-refractivity contribution in [3.05, 3.63) is 22.7 Å². The van der Waals surface area contributed by atoms with Crippen LogP contribution in [0.15, 0.2) is 12.1 Å². The van der Waals surface area contributed by atoms with Crippen molar-refractivity contribution in [3.63, 3.8) is 0 Å². The SMILES string of the molecule is COC(=O)CCCOc1c(Cl)cc(CO)cc1OC. The summed E-state index contributed by atoms with van der Waals surface area (Å²) in [7, 11) is 2.84. The maximum Gasteiger partial charge on any atom is 0.305 e. The van der Waals surface area contributed by atoms with Crippen LogP contribution in [0.3, 0.4) is 0 Å². The number of aliphatic hydroxyl groups is 1. The van der Waals surface area contributed by atoms with E-state index < -0.39 is 0 Å². The number of carbonyl (C=O) groups excluding carboxylic acids is 1. The highest BCUT2D eigenvalue weighted by molar-refractivity contribution is 6.32. The van der Waals surface area contributed by atoms with Gasteiger partial charge < -0.3 is 19.3 Å². The lowest BCUT2D eigenvalue weighted by Crippen LogP contribution is -2.05. The molecule has 0 aliphatic heterocycles. The Morgan fingerprint density at radius 1 is 1.37 bits per heavy atom. The Morgan fingerprint density at radius 2 is 2.11 bits per heavy atom. The van der Waals surface area contributed by atoms with Crippen molar-refractivity contribution in [2.75, 3.05) is 20.8 Å². The van der Waals surface area contributed by atoms with E-state index in [0.29, 0.717) is 35.1 Å². The Morgan fingerprint density at radius 3 is 2.68 bits per heavy atom. The molecule has 19 heavy (non-hydrogen) atoms. The van der Waals surface area contributed by atoms with E-state index in [4.69, 9.17) is 26.2 Å². The summed E-state index contributed by atoms with van der Waals surface area (Å²) in [5.74, 6) is 0.582. The van der Waals surface area contributed by atoms with E-state index >= 15 is 0 Å². The second-order valence-corrected chi connectivity index (χ2v) is 4.20. The summed E-state index contributed by atoms with van der Waals surface area (Å²) in [6.45, 7) is 0.197. The molecule has 1 aromatic rings. The van der Waals surface area contributed by atoms with Gasteiger partial charge in [0.1, 0.15) is 0 Å². The number of carbonyl (C=O) groups is 1. The maximum atomic E-state index is 10.9. The molecule has 0 atom stereocenters. The minimum atomic E-state index is -0.280. The topological polar surface area (TPSA) is 65.0 Å². The fourth-order valence-electron chi connectivity index (χ4n) is 1.50.